The predicted octanol–water partition coefficient (Wildman–Crippen LogP) is 2.71. The highest BCUT2D eigenvalue weighted by molar-refractivity contribution is 5.78. The Bertz CT molecular complexity index is 490. The van der Waals surface area contributed by atoms with Crippen molar-refractivity contribution in [3.05, 3.63) is 29.8 Å². The van der Waals surface area contributed by atoms with Crippen molar-refractivity contribution in [2.45, 2.75) is 39.2 Å². The molecule has 1 aromatic rings. The Kier molecular flexibility index (Phi) is 6.25. The van der Waals surface area contributed by atoms with Gasteiger partial charge in [-0.2, -0.15) is 0 Å². The standard InChI is InChI=1S/C18H28N2O2/c1-15-7-6-9-17(13-15)22-12-11-19(3)14-18(21)20-10-5-4-8-16(20)2/h6-7,9,13,16H,4-5,8,10-12,14H2,1-3H3. The zero-order valence-electron chi connectivity index (χ0n) is 14.0. The van der Waals surface area contributed by atoms with Gasteiger partial charge in [0.05, 0.1) is 6.54 Å². The minimum atomic E-state index is 0.241. The van der Waals surface area contributed by atoms with Gasteiger partial charge in [0.1, 0.15) is 12.4 Å². The van der Waals surface area contributed by atoms with Crippen molar-refractivity contribution in [1.82, 2.24) is 9.80 Å². The summed E-state index contributed by atoms with van der Waals surface area (Å²) in [6.45, 7) is 6.94. The van der Waals surface area contributed by atoms with Crippen molar-refractivity contribution in [3.8, 4) is 5.75 Å². The molecular formula is C18H28N2O2. The summed E-state index contributed by atoms with van der Waals surface area (Å²) in [5.74, 6) is 1.13. The molecule has 2 rings (SSSR count). The monoisotopic (exact) mass is 304 g/mol. The molecule has 4 heteroatoms. The fraction of sp³-hybridized carbons (Fsp3) is 0.611. The van der Waals surface area contributed by atoms with Gasteiger partial charge in [-0.05, 0) is 57.9 Å². The van der Waals surface area contributed by atoms with Crippen LogP contribution in [0.15, 0.2) is 24.3 Å². The topological polar surface area (TPSA) is 32.8 Å². The van der Waals surface area contributed by atoms with Crippen LogP contribution in [-0.4, -0.2) is 55.0 Å². The smallest absolute Gasteiger partial charge is 0.236 e. The van der Waals surface area contributed by atoms with Crippen LogP contribution < -0.4 is 4.74 Å². The fourth-order valence-corrected chi connectivity index (χ4v) is 2.89. The molecule has 1 unspecified atom stereocenters. The van der Waals surface area contributed by atoms with Gasteiger partial charge in [0.15, 0.2) is 0 Å². The first kappa shape index (κ1) is 16.8. The maximum atomic E-state index is 12.3. The number of aryl methyl sites for hydroxylation is 1. The molecule has 1 aromatic carbocycles. The molecule has 1 heterocycles. The van der Waals surface area contributed by atoms with Crippen LogP contribution in [0.1, 0.15) is 31.7 Å². The van der Waals surface area contributed by atoms with E-state index in [1.54, 1.807) is 0 Å². The van der Waals surface area contributed by atoms with Gasteiger partial charge in [0.25, 0.3) is 0 Å². The van der Waals surface area contributed by atoms with Crippen LogP contribution in [0.4, 0.5) is 0 Å². The number of benzene rings is 1. The van der Waals surface area contributed by atoms with E-state index in [1.807, 2.05) is 35.0 Å². The molecule has 0 spiro atoms. The number of nitrogens with zero attached hydrogens (tertiary/aromatic N) is 2. The van der Waals surface area contributed by atoms with Crippen molar-refractivity contribution in [2.75, 3.05) is 33.3 Å². The fourth-order valence-electron chi connectivity index (χ4n) is 2.89. The van der Waals surface area contributed by atoms with Gasteiger partial charge in [0, 0.05) is 19.1 Å². The highest BCUT2D eigenvalue weighted by Crippen LogP contribution is 2.16. The maximum absolute atomic E-state index is 12.3. The number of carbonyl (C=O) groups excluding carboxylic acids is 1. The average Bonchev–Trinajstić information content (AvgIpc) is 2.47. The maximum Gasteiger partial charge on any atom is 0.236 e. The summed E-state index contributed by atoms with van der Waals surface area (Å²) < 4.78 is 5.74. The molecule has 1 fully saturated rings. The van der Waals surface area contributed by atoms with Crippen molar-refractivity contribution >= 4 is 5.91 Å². The zero-order chi connectivity index (χ0) is 15.9. The third-order valence-electron chi connectivity index (χ3n) is 4.26. The van der Waals surface area contributed by atoms with Gasteiger partial charge in [0.2, 0.25) is 5.91 Å². The van der Waals surface area contributed by atoms with Crippen LogP contribution in [0, 0.1) is 6.92 Å². The number of rotatable bonds is 6. The van der Waals surface area contributed by atoms with E-state index in [9.17, 15) is 4.79 Å². The molecule has 1 amide bonds. The number of ether oxygens (including phenoxy) is 1. The number of hydrogen-bond donors (Lipinski definition) is 0. The summed E-state index contributed by atoms with van der Waals surface area (Å²) in [4.78, 5) is 16.4. The van der Waals surface area contributed by atoms with Crippen LogP contribution in [0.5, 0.6) is 5.75 Å². The van der Waals surface area contributed by atoms with E-state index in [1.165, 1.54) is 12.0 Å². The van der Waals surface area contributed by atoms with Crippen molar-refractivity contribution in [2.24, 2.45) is 0 Å². The lowest BCUT2D eigenvalue weighted by molar-refractivity contribution is -0.135. The normalized spacial score (nSPS) is 18.5. The molecule has 1 atom stereocenters. The molecule has 122 valence electrons. The summed E-state index contributed by atoms with van der Waals surface area (Å²) in [7, 11) is 1.98. The average molecular weight is 304 g/mol. The van der Waals surface area contributed by atoms with Gasteiger partial charge >= 0.3 is 0 Å². The number of carbonyl (C=O) groups is 1. The summed E-state index contributed by atoms with van der Waals surface area (Å²) in [6, 6.07) is 8.43. The number of likely N-dealkylation sites (N-methyl/N-ethyl adjacent to an activating group) is 1. The molecule has 22 heavy (non-hydrogen) atoms. The highest BCUT2D eigenvalue weighted by atomic mass is 16.5. The molecule has 1 saturated heterocycles. The molecule has 0 radical (unpaired) electrons. The minimum Gasteiger partial charge on any atom is -0.492 e. The number of hydrogen-bond acceptors (Lipinski definition) is 3. The molecule has 4 nitrogen and oxygen atoms in total. The molecule has 0 bridgehead atoms. The highest BCUT2D eigenvalue weighted by Gasteiger charge is 2.23. The second kappa shape index (κ2) is 8.18. The quantitative estimate of drug-likeness (QED) is 0.810. The summed E-state index contributed by atoms with van der Waals surface area (Å²) >= 11 is 0. The van der Waals surface area contributed by atoms with Crippen molar-refractivity contribution < 1.29 is 9.53 Å². The number of amides is 1. The van der Waals surface area contributed by atoms with E-state index in [-0.39, 0.29) is 5.91 Å². The first-order valence-corrected chi connectivity index (χ1v) is 8.24. The van der Waals surface area contributed by atoms with Crippen LogP contribution >= 0.6 is 0 Å². The number of likely N-dealkylation sites (tertiary alicyclic amines) is 1. The van der Waals surface area contributed by atoms with Crippen LogP contribution in [0.25, 0.3) is 0 Å². The Morgan fingerprint density at radius 2 is 2.23 bits per heavy atom. The van der Waals surface area contributed by atoms with Gasteiger partial charge in [-0.15, -0.1) is 0 Å². The van der Waals surface area contributed by atoms with E-state index in [0.29, 0.717) is 19.2 Å². The second-order valence-corrected chi connectivity index (χ2v) is 6.33. The number of piperidine rings is 1. The summed E-state index contributed by atoms with van der Waals surface area (Å²) in [5, 5.41) is 0. The third kappa shape index (κ3) is 5.02. The lowest BCUT2D eigenvalue weighted by Gasteiger charge is -2.34. The Balaban J connectivity index is 1.71. The van der Waals surface area contributed by atoms with E-state index in [0.717, 1.165) is 31.7 Å². The zero-order valence-corrected chi connectivity index (χ0v) is 14.0. The van der Waals surface area contributed by atoms with Gasteiger partial charge in [-0.1, -0.05) is 12.1 Å². The predicted molar refractivity (Wildman–Crippen MR) is 89.2 cm³/mol. The molecule has 1 aliphatic heterocycles. The van der Waals surface area contributed by atoms with Crippen LogP contribution in [0.2, 0.25) is 0 Å². The SMILES string of the molecule is Cc1cccc(OCCN(C)CC(=O)N2CCCCC2C)c1. The van der Waals surface area contributed by atoms with Crippen molar-refractivity contribution in [1.29, 1.82) is 0 Å². The van der Waals surface area contributed by atoms with Crippen LogP contribution in [-0.2, 0) is 4.79 Å². The first-order chi connectivity index (χ1) is 10.6. The van der Waals surface area contributed by atoms with E-state index in [4.69, 9.17) is 4.74 Å². The second-order valence-electron chi connectivity index (χ2n) is 6.33. The van der Waals surface area contributed by atoms with E-state index in [2.05, 4.69) is 19.9 Å². The third-order valence-corrected chi connectivity index (χ3v) is 4.26. The Labute approximate surface area is 134 Å². The molecule has 0 aliphatic carbocycles. The molecular weight excluding hydrogens is 276 g/mol. The minimum absolute atomic E-state index is 0.241. The lowest BCUT2D eigenvalue weighted by Crippen LogP contribution is -2.46. The molecule has 1 aliphatic rings. The van der Waals surface area contributed by atoms with Gasteiger partial charge < -0.3 is 9.64 Å². The lowest BCUT2D eigenvalue weighted by atomic mass is 10.0. The van der Waals surface area contributed by atoms with Crippen LogP contribution in [0.3, 0.4) is 0 Å². The molecule has 0 N–H and O–H groups in total. The molecule has 0 aromatic heterocycles. The Morgan fingerprint density at radius 1 is 1.41 bits per heavy atom. The Hall–Kier alpha value is -1.55. The van der Waals surface area contributed by atoms with E-state index >= 15 is 0 Å². The largest absolute Gasteiger partial charge is 0.492 e. The van der Waals surface area contributed by atoms with Crippen molar-refractivity contribution in [3.63, 3.8) is 0 Å². The molecule has 0 saturated carbocycles. The van der Waals surface area contributed by atoms with Gasteiger partial charge in [-0.25, -0.2) is 0 Å². The Morgan fingerprint density at radius 3 is 2.95 bits per heavy atom. The van der Waals surface area contributed by atoms with Gasteiger partial charge in [-0.3, -0.25) is 9.69 Å². The summed E-state index contributed by atoms with van der Waals surface area (Å²) in [6.07, 6.45) is 3.51. The van der Waals surface area contributed by atoms with E-state index < -0.39 is 0 Å². The summed E-state index contributed by atoms with van der Waals surface area (Å²) in [5.41, 5.74) is 1.19. The first-order valence-electron chi connectivity index (χ1n) is 8.24.